The maximum absolute atomic E-state index is 13.4. The number of carbonyl (C=O) groups excluding carboxylic acids is 1. The van der Waals surface area contributed by atoms with Crippen molar-refractivity contribution >= 4 is 5.78 Å². The van der Waals surface area contributed by atoms with Crippen LogP contribution in [0.1, 0.15) is 28.8 Å². The van der Waals surface area contributed by atoms with E-state index in [4.69, 9.17) is 10.5 Å². The average molecular weight is 247 g/mol. The molecule has 0 spiro atoms. The molecule has 6 heteroatoms. The van der Waals surface area contributed by atoms with Crippen LogP contribution in [0.4, 0.5) is 13.2 Å². The van der Waals surface area contributed by atoms with E-state index in [1.54, 1.807) is 0 Å². The van der Waals surface area contributed by atoms with Crippen LogP contribution >= 0.6 is 0 Å². The molecule has 0 amide bonds. The molecule has 0 atom stereocenters. The summed E-state index contributed by atoms with van der Waals surface area (Å²) in [7, 11) is 1.17. The maximum Gasteiger partial charge on any atom is 0.263 e. The number of ketones is 1. The van der Waals surface area contributed by atoms with Crippen LogP contribution in [0.15, 0.2) is 12.1 Å². The number of benzene rings is 1. The second kappa shape index (κ2) is 5.67. The molecule has 2 N–H and O–H groups in total. The third-order valence-electron chi connectivity index (χ3n) is 2.19. The predicted octanol–water partition coefficient (Wildman–Crippen LogP) is 2.30. The van der Waals surface area contributed by atoms with Crippen molar-refractivity contribution in [2.45, 2.75) is 12.8 Å². The first-order valence-corrected chi connectivity index (χ1v) is 4.90. The highest BCUT2D eigenvalue weighted by atomic mass is 19.3. The molecule has 0 radical (unpaired) electrons. The average Bonchev–Trinajstić information content (AvgIpc) is 2.28. The van der Waals surface area contributed by atoms with Crippen LogP contribution in [0.2, 0.25) is 0 Å². The summed E-state index contributed by atoms with van der Waals surface area (Å²) >= 11 is 0. The second-order valence-electron chi connectivity index (χ2n) is 3.35. The first kappa shape index (κ1) is 13.5. The molecule has 0 heterocycles. The van der Waals surface area contributed by atoms with Crippen LogP contribution in [0, 0.1) is 5.82 Å². The predicted molar refractivity (Wildman–Crippen MR) is 55.9 cm³/mol. The van der Waals surface area contributed by atoms with E-state index in [-0.39, 0.29) is 24.3 Å². The number of rotatable bonds is 5. The van der Waals surface area contributed by atoms with E-state index in [1.165, 1.54) is 7.11 Å². The number of methoxy groups -OCH3 is 1. The third-order valence-corrected chi connectivity index (χ3v) is 2.19. The number of Topliss-reactive ketones (excluding diaryl/α,β-unsaturated/α-hetero) is 1. The van der Waals surface area contributed by atoms with Gasteiger partial charge in [0.05, 0.1) is 12.7 Å². The van der Waals surface area contributed by atoms with E-state index in [0.717, 1.165) is 6.07 Å². The van der Waals surface area contributed by atoms with Crippen molar-refractivity contribution in [2.24, 2.45) is 5.73 Å². The van der Waals surface area contributed by atoms with E-state index in [2.05, 4.69) is 0 Å². The lowest BCUT2D eigenvalue weighted by Crippen LogP contribution is -2.11. The summed E-state index contributed by atoms with van der Waals surface area (Å²) in [6, 6.07) is 1.59. The minimum absolute atomic E-state index is 0.0531. The fourth-order valence-electron chi connectivity index (χ4n) is 1.42. The van der Waals surface area contributed by atoms with Gasteiger partial charge in [0.15, 0.2) is 17.3 Å². The summed E-state index contributed by atoms with van der Waals surface area (Å²) in [5, 5.41) is 0. The van der Waals surface area contributed by atoms with Crippen LogP contribution in [0.25, 0.3) is 0 Å². The van der Waals surface area contributed by atoms with Gasteiger partial charge in [-0.25, -0.2) is 13.2 Å². The van der Waals surface area contributed by atoms with Crippen LogP contribution in [-0.2, 0) is 0 Å². The SMILES string of the molecule is COc1c(F)cc(C(F)F)cc1C(=O)CCN. The van der Waals surface area contributed by atoms with Gasteiger partial charge in [0.1, 0.15) is 0 Å². The number of carbonyl (C=O) groups is 1. The molecular formula is C11H12F3NO2. The van der Waals surface area contributed by atoms with Gasteiger partial charge in [0.2, 0.25) is 0 Å². The lowest BCUT2D eigenvalue weighted by molar-refractivity contribution is 0.0981. The lowest BCUT2D eigenvalue weighted by Gasteiger charge is -2.10. The summed E-state index contributed by atoms with van der Waals surface area (Å²) in [6.07, 6.45) is -2.90. The number of nitrogens with two attached hydrogens (primary N) is 1. The van der Waals surface area contributed by atoms with Gasteiger partial charge in [-0.3, -0.25) is 4.79 Å². The van der Waals surface area contributed by atoms with Crippen molar-refractivity contribution in [1.82, 2.24) is 0 Å². The summed E-state index contributed by atoms with van der Waals surface area (Å²) in [5.74, 6) is -1.83. The van der Waals surface area contributed by atoms with E-state index >= 15 is 0 Å². The molecule has 17 heavy (non-hydrogen) atoms. The fourth-order valence-corrected chi connectivity index (χ4v) is 1.42. The highest BCUT2D eigenvalue weighted by Crippen LogP contribution is 2.29. The van der Waals surface area contributed by atoms with Gasteiger partial charge in [0.25, 0.3) is 6.43 Å². The zero-order chi connectivity index (χ0) is 13.0. The molecule has 0 aliphatic heterocycles. The Morgan fingerprint density at radius 2 is 2.12 bits per heavy atom. The molecular weight excluding hydrogens is 235 g/mol. The van der Waals surface area contributed by atoms with E-state index in [0.29, 0.717) is 6.07 Å². The molecule has 0 aliphatic carbocycles. The molecule has 1 aromatic carbocycles. The number of ether oxygens (including phenoxy) is 1. The fraction of sp³-hybridized carbons (Fsp3) is 0.364. The number of hydrogen-bond donors (Lipinski definition) is 1. The zero-order valence-corrected chi connectivity index (χ0v) is 9.17. The van der Waals surface area contributed by atoms with Crippen molar-refractivity contribution in [2.75, 3.05) is 13.7 Å². The molecule has 0 bridgehead atoms. The zero-order valence-electron chi connectivity index (χ0n) is 9.17. The quantitative estimate of drug-likeness (QED) is 0.812. The maximum atomic E-state index is 13.4. The molecule has 0 saturated carbocycles. The minimum atomic E-state index is -2.85. The minimum Gasteiger partial charge on any atom is -0.493 e. The molecule has 0 aliphatic rings. The number of hydrogen-bond acceptors (Lipinski definition) is 3. The van der Waals surface area contributed by atoms with Gasteiger partial charge >= 0.3 is 0 Å². The Morgan fingerprint density at radius 1 is 1.47 bits per heavy atom. The molecule has 3 nitrogen and oxygen atoms in total. The van der Waals surface area contributed by atoms with E-state index < -0.39 is 23.6 Å². The Hall–Kier alpha value is -1.56. The molecule has 94 valence electrons. The Bertz CT molecular complexity index is 421. The standard InChI is InChI=1S/C11H12F3NO2/c1-17-10-7(9(16)2-3-15)4-6(11(13)14)5-8(10)12/h4-5,11H,2-3,15H2,1H3. The van der Waals surface area contributed by atoms with Crippen LogP contribution in [0.5, 0.6) is 5.75 Å². The van der Waals surface area contributed by atoms with Gasteiger partial charge in [-0.15, -0.1) is 0 Å². The van der Waals surface area contributed by atoms with Crippen molar-refractivity contribution < 1.29 is 22.7 Å². The van der Waals surface area contributed by atoms with Crippen molar-refractivity contribution in [1.29, 1.82) is 0 Å². The largest absolute Gasteiger partial charge is 0.493 e. The van der Waals surface area contributed by atoms with Crippen molar-refractivity contribution in [3.63, 3.8) is 0 Å². The van der Waals surface area contributed by atoms with Crippen LogP contribution in [-0.4, -0.2) is 19.4 Å². The smallest absolute Gasteiger partial charge is 0.263 e. The summed E-state index contributed by atoms with van der Waals surface area (Å²) in [6.45, 7) is 0.0580. The van der Waals surface area contributed by atoms with Crippen LogP contribution < -0.4 is 10.5 Å². The van der Waals surface area contributed by atoms with Gasteiger partial charge in [0, 0.05) is 12.0 Å². The molecule has 1 rings (SSSR count). The molecule has 0 fully saturated rings. The van der Waals surface area contributed by atoms with Gasteiger partial charge in [-0.2, -0.15) is 0 Å². The van der Waals surface area contributed by atoms with Gasteiger partial charge < -0.3 is 10.5 Å². The lowest BCUT2D eigenvalue weighted by atomic mass is 10.0. The highest BCUT2D eigenvalue weighted by molar-refractivity contribution is 5.99. The van der Waals surface area contributed by atoms with Gasteiger partial charge in [-0.05, 0) is 18.7 Å². The third kappa shape index (κ3) is 2.97. The number of halogens is 3. The van der Waals surface area contributed by atoms with Crippen molar-refractivity contribution in [3.05, 3.63) is 29.1 Å². The Morgan fingerprint density at radius 3 is 2.59 bits per heavy atom. The Balaban J connectivity index is 3.28. The van der Waals surface area contributed by atoms with Crippen LogP contribution in [0.3, 0.4) is 0 Å². The summed E-state index contributed by atoms with van der Waals surface area (Å²) in [5.41, 5.74) is 4.44. The summed E-state index contributed by atoms with van der Waals surface area (Å²) < 4.78 is 43.1. The first-order chi connectivity index (χ1) is 8.01. The normalized spacial score (nSPS) is 10.7. The Kier molecular flexibility index (Phi) is 4.51. The van der Waals surface area contributed by atoms with E-state index in [9.17, 15) is 18.0 Å². The monoisotopic (exact) mass is 247 g/mol. The summed E-state index contributed by atoms with van der Waals surface area (Å²) in [4.78, 5) is 11.6. The molecule has 0 unspecified atom stereocenters. The molecule has 0 aromatic heterocycles. The van der Waals surface area contributed by atoms with Crippen molar-refractivity contribution in [3.8, 4) is 5.75 Å². The first-order valence-electron chi connectivity index (χ1n) is 4.90. The highest BCUT2D eigenvalue weighted by Gasteiger charge is 2.20. The molecule has 0 saturated heterocycles. The molecule has 1 aromatic rings. The number of alkyl halides is 2. The van der Waals surface area contributed by atoms with Gasteiger partial charge in [-0.1, -0.05) is 0 Å². The topological polar surface area (TPSA) is 52.3 Å². The Labute approximate surface area is 96.4 Å². The van der Waals surface area contributed by atoms with E-state index in [1.807, 2.05) is 0 Å². The second-order valence-corrected chi connectivity index (χ2v) is 3.35.